The Bertz CT molecular complexity index is 1030. The Balaban J connectivity index is 1.66. The fourth-order valence-electron chi connectivity index (χ4n) is 2.69. The number of nitrogens with zero attached hydrogens (tertiary/aromatic N) is 2. The number of nitrogens with one attached hydrogen (secondary N) is 1. The van der Waals surface area contributed by atoms with Gasteiger partial charge in [0.1, 0.15) is 5.82 Å². The number of rotatable bonds is 6. The highest BCUT2D eigenvalue weighted by Crippen LogP contribution is 2.26. The summed E-state index contributed by atoms with van der Waals surface area (Å²) in [6.07, 6.45) is 2.94. The molecule has 0 bridgehead atoms. The minimum Gasteiger partial charge on any atom is -0.452 e. The Morgan fingerprint density at radius 2 is 1.67 bits per heavy atom. The third kappa shape index (κ3) is 5.67. The predicted molar refractivity (Wildman–Crippen MR) is 117 cm³/mol. The summed E-state index contributed by atoms with van der Waals surface area (Å²) in [7, 11) is 0. The largest absolute Gasteiger partial charge is 0.452 e. The van der Waals surface area contributed by atoms with E-state index in [0.717, 1.165) is 16.9 Å². The molecule has 3 rings (SSSR count). The van der Waals surface area contributed by atoms with Crippen molar-refractivity contribution in [2.75, 3.05) is 11.9 Å². The molecule has 0 fully saturated rings. The zero-order valence-electron chi connectivity index (χ0n) is 17.3. The molecule has 0 saturated carbocycles. The maximum atomic E-state index is 12.4. The first-order chi connectivity index (χ1) is 14.3. The lowest BCUT2D eigenvalue weighted by atomic mass is 9.92. The standard InChI is InChI=1S/C24H25N3O3/c1-24(2,3)20-16-21(27(26-20)19-12-8-5-9-13-19)25-22(28)17-30-23(29)15-14-18-10-6-4-7-11-18/h4-16H,17H2,1-3H3,(H,25,28)/b15-14+. The molecule has 0 atom stereocenters. The van der Waals surface area contributed by atoms with Gasteiger partial charge in [-0.25, -0.2) is 9.48 Å². The van der Waals surface area contributed by atoms with Crippen LogP contribution >= 0.6 is 0 Å². The number of benzene rings is 2. The number of esters is 1. The quantitative estimate of drug-likeness (QED) is 0.490. The summed E-state index contributed by atoms with van der Waals surface area (Å²) in [5.74, 6) is -0.498. The van der Waals surface area contributed by atoms with E-state index in [9.17, 15) is 9.59 Å². The Kier molecular flexibility index (Phi) is 6.47. The molecule has 3 aromatic rings. The van der Waals surface area contributed by atoms with Gasteiger partial charge in [-0.3, -0.25) is 4.79 Å². The Hall–Kier alpha value is -3.67. The smallest absolute Gasteiger partial charge is 0.331 e. The third-order valence-corrected chi connectivity index (χ3v) is 4.30. The first kappa shape index (κ1) is 21.0. The van der Waals surface area contributed by atoms with Gasteiger partial charge in [-0.1, -0.05) is 69.3 Å². The van der Waals surface area contributed by atoms with Crippen LogP contribution in [0.1, 0.15) is 32.0 Å². The molecule has 0 spiro atoms. The minimum absolute atomic E-state index is 0.186. The van der Waals surface area contributed by atoms with Gasteiger partial charge in [0, 0.05) is 17.6 Å². The van der Waals surface area contributed by atoms with Crippen molar-refractivity contribution < 1.29 is 14.3 Å². The zero-order chi connectivity index (χ0) is 21.6. The van der Waals surface area contributed by atoms with Gasteiger partial charge >= 0.3 is 5.97 Å². The van der Waals surface area contributed by atoms with Crippen LogP contribution in [0.5, 0.6) is 0 Å². The van der Waals surface area contributed by atoms with Gasteiger partial charge in [-0.05, 0) is 23.8 Å². The highest BCUT2D eigenvalue weighted by molar-refractivity contribution is 5.94. The molecule has 1 amide bonds. The van der Waals surface area contributed by atoms with Crippen LogP contribution in [0.3, 0.4) is 0 Å². The van der Waals surface area contributed by atoms with Crippen LogP contribution in [0.2, 0.25) is 0 Å². The second-order valence-electron chi connectivity index (χ2n) is 7.81. The molecule has 0 aliphatic heterocycles. The summed E-state index contributed by atoms with van der Waals surface area (Å²) in [6.45, 7) is 5.77. The summed E-state index contributed by atoms with van der Waals surface area (Å²) in [4.78, 5) is 24.3. The van der Waals surface area contributed by atoms with Gasteiger partial charge in [-0.15, -0.1) is 0 Å². The molecule has 154 valence electrons. The fourth-order valence-corrected chi connectivity index (χ4v) is 2.69. The summed E-state index contributed by atoms with van der Waals surface area (Å²) in [5.41, 5.74) is 2.35. The van der Waals surface area contributed by atoms with Crippen molar-refractivity contribution in [2.45, 2.75) is 26.2 Å². The van der Waals surface area contributed by atoms with E-state index in [1.807, 2.05) is 66.7 Å². The van der Waals surface area contributed by atoms with E-state index in [0.29, 0.717) is 5.82 Å². The van der Waals surface area contributed by atoms with Gasteiger partial charge < -0.3 is 10.1 Å². The molecular formula is C24H25N3O3. The first-order valence-electron chi connectivity index (χ1n) is 9.68. The molecule has 1 N–H and O–H groups in total. The molecule has 6 heteroatoms. The van der Waals surface area contributed by atoms with Crippen LogP contribution in [-0.2, 0) is 19.7 Å². The molecule has 30 heavy (non-hydrogen) atoms. The topological polar surface area (TPSA) is 73.2 Å². The zero-order valence-corrected chi connectivity index (χ0v) is 17.3. The number of anilines is 1. The molecule has 1 aromatic heterocycles. The highest BCUT2D eigenvalue weighted by atomic mass is 16.5. The van der Waals surface area contributed by atoms with Crippen LogP contribution in [0.25, 0.3) is 11.8 Å². The van der Waals surface area contributed by atoms with Crippen LogP contribution in [0, 0.1) is 0 Å². The van der Waals surface area contributed by atoms with E-state index in [1.165, 1.54) is 6.08 Å². The van der Waals surface area contributed by atoms with Crippen LogP contribution in [-0.4, -0.2) is 28.3 Å². The second kappa shape index (κ2) is 9.22. The number of hydrogen-bond donors (Lipinski definition) is 1. The maximum Gasteiger partial charge on any atom is 0.331 e. The van der Waals surface area contributed by atoms with Crippen LogP contribution < -0.4 is 5.32 Å². The average Bonchev–Trinajstić information content (AvgIpc) is 3.16. The van der Waals surface area contributed by atoms with Gasteiger partial charge in [0.25, 0.3) is 5.91 Å². The normalized spacial score (nSPS) is 11.4. The van der Waals surface area contributed by atoms with Gasteiger partial charge in [-0.2, -0.15) is 5.10 Å². The minimum atomic E-state index is -0.582. The predicted octanol–water partition coefficient (Wildman–Crippen LogP) is 4.36. The lowest BCUT2D eigenvalue weighted by molar-refractivity contribution is -0.142. The van der Waals surface area contributed by atoms with Crippen molar-refractivity contribution >= 4 is 23.8 Å². The number of ether oxygens (including phenoxy) is 1. The number of carbonyl (C=O) groups excluding carboxylic acids is 2. The molecule has 0 aliphatic carbocycles. The van der Waals surface area contributed by atoms with Gasteiger partial charge in [0.15, 0.2) is 6.61 Å². The summed E-state index contributed by atoms with van der Waals surface area (Å²) < 4.78 is 6.73. The first-order valence-corrected chi connectivity index (χ1v) is 9.68. The van der Waals surface area contributed by atoms with Crippen LogP contribution in [0.4, 0.5) is 5.82 Å². The van der Waals surface area contributed by atoms with E-state index in [4.69, 9.17) is 4.74 Å². The van der Waals surface area contributed by atoms with E-state index >= 15 is 0 Å². The number of hydrogen-bond acceptors (Lipinski definition) is 4. The monoisotopic (exact) mass is 403 g/mol. The molecule has 0 saturated heterocycles. The number of para-hydroxylation sites is 1. The number of carbonyl (C=O) groups is 2. The van der Waals surface area contributed by atoms with E-state index in [-0.39, 0.29) is 12.0 Å². The molecule has 0 radical (unpaired) electrons. The molecule has 6 nitrogen and oxygen atoms in total. The summed E-state index contributed by atoms with van der Waals surface area (Å²) >= 11 is 0. The van der Waals surface area contributed by atoms with Crippen molar-refractivity contribution in [1.29, 1.82) is 0 Å². The number of amides is 1. The molecule has 0 unspecified atom stereocenters. The molecular weight excluding hydrogens is 378 g/mol. The van der Waals surface area contributed by atoms with Crippen molar-refractivity contribution in [3.05, 3.63) is 84.1 Å². The summed E-state index contributed by atoms with van der Waals surface area (Å²) in [6, 6.07) is 20.8. The van der Waals surface area contributed by atoms with Crippen LogP contribution in [0.15, 0.2) is 72.8 Å². The lowest BCUT2D eigenvalue weighted by Gasteiger charge is -2.14. The molecule has 0 aliphatic rings. The maximum absolute atomic E-state index is 12.4. The van der Waals surface area contributed by atoms with Crippen molar-refractivity contribution in [3.8, 4) is 5.69 Å². The fraction of sp³-hybridized carbons (Fsp3) is 0.208. The lowest BCUT2D eigenvalue weighted by Crippen LogP contribution is -2.21. The van der Waals surface area contributed by atoms with Gasteiger partial charge in [0.2, 0.25) is 0 Å². The Morgan fingerprint density at radius 1 is 1.03 bits per heavy atom. The Morgan fingerprint density at radius 3 is 2.30 bits per heavy atom. The van der Waals surface area contributed by atoms with Crippen molar-refractivity contribution in [2.24, 2.45) is 0 Å². The Labute approximate surface area is 176 Å². The van der Waals surface area contributed by atoms with E-state index in [1.54, 1.807) is 10.8 Å². The molecule has 1 heterocycles. The molecule has 2 aromatic carbocycles. The highest BCUT2D eigenvalue weighted by Gasteiger charge is 2.21. The van der Waals surface area contributed by atoms with E-state index < -0.39 is 11.9 Å². The van der Waals surface area contributed by atoms with Crippen molar-refractivity contribution in [1.82, 2.24) is 9.78 Å². The second-order valence-corrected chi connectivity index (χ2v) is 7.81. The summed E-state index contributed by atoms with van der Waals surface area (Å²) in [5, 5.41) is 7.44. The van der Waals surface area contributed by atoms with Crippen molar-refractivity contribution in [3.63, 3.8) is 0 Å². The SMILES string of the molecule is CC(C)(C)c1cc(NC(=O)COC(=O)/C=C/c2ccccc2)n(-c2ccccc2)n1. The average molecular weight is 403 g/mol. The third-order valence-electron chi connectivity index (χ3n) is 4.30. The van der Waals surface area contributed by atoms with E-state index in [2.05, 4.69) is 31.2 Å². The van der Waals surface area contributed by atoms with Gasteiger partial charge in [0.05, 0.1) is 11.4 Å². The number of aromatic nitrogens is 2.